The van der Waals surface area contributed by atoms with E-state index >= 15 is 0 Å². The molecular weight excluding hydrogens is 218 g/mol. The van der Waals surface area contributed by atoms with Crippen LogP contribution in [0.4, 0.5) is 0 Å². The number of hydrogen-bond donors (Lipinski definition) is 3. The minimum Gasteiger partial charge on any atom is -0.409 e. The highest BCUT2D eigenvalue weighted by atomic mass is 32.2. The smallest absolute Gasteiger partial charge is 0.147 e. The van der Waals surface area contributed by atoms with E-state index in [0.717, 1.165) is 0 Å². The van der Waals surface area contributed by atoms with Crippen LogP contribution in [0.5, 0.6) is 0 Å². The number of nitrogens with one attached hydrogen (secondary N) is 1. The van der Waals surface area contributed by atoms with Gasteiger partial charge in [-0.25, -0.2) is 8.42 Å². The summed E-state index contributed by atoms with van der Waals surface area (Å²) in [5.41, 5.74) is 5.31. The van der Waals surface area contributed by atoms with Crippen LogP contribution in [0.15, 0.2) is 5.16 Å². The van der Waals surface area contributed by atoms with Crippen molar-refractivity contribution in [3.8, 4) is 0 Å². The first-order chi connectivity index (χ1) is 6.85. The largest absolute Gasteiger partial charge is 0.409 e. The van der Waals surface area contributed by atoms with Crippen LogP contribution >= 0.6 is 0 Å². The fourth-order valence-electron chi connectivity index (χ4n) is 1.11. The van der Waals surface area contributed by atoms with E-state index in [1.807, 2.05) is 6.92 Å². The molecule has 0 aliphatic carbocycles. The maximum Gasteiger partial charge on any atom is 0.147 e. The molecule has 0 amide bonds. The molecule has 0 aromatic heterocycles. The lowest BCUT2D eigenvalue weighted by Gasteiger charge is -2.12. The van der Waals surface area contributed by atoms with Gasteiger partial charge in [-0.1, -0.05) is 5.16 Å². The van der Waals surface area contributed by atoms with Gasteiger partial charge in [0.05, 0.1) is 5.75 Å². The predicted octanol–water partition coefficient (Wildman–Crippen LogP) is -0.464. The van der Waals surface area contributed by atoms with Crippen LogP contribution < -0.4 is 11.1 Å². The molecule has 4 N–H and O–H groups in total. The fourth-order valence-corrected chi connectivity index (χ4v) is 1.78. The molecule has 1 atom stereocenters. The van der Waals surface area contributed by atoms with Gasteiger partial charge in [0.2, 0.25) is 0 Å². The average molecular weight is 237 g/mol. The zero-order chi connectivity index (χ0) is 11.9. The molecule has 1 unspecified atom stereocenters. The van der Waals surface area contributed by atoms with Gasteiger partial charge >= 0.3 is 0 Å². The summed E-state index contributed by atoms with van der Waals surface area (Å²) < 4.78 is 21.6. The van der Waals surface area contributed by atoms with Gasteiger partial charge in [0.15, 0.2) is 0 Å². The molecule has 0 aromatic rings. The Morgan fingerprint density at radius 1 is 1.60 bits per heavy atom. The highest BCUT2D eigenvalue weighted by Gasteiger charge is 2.05. The Bertz CT molecular complexity index is 300. The molecule has 0 aliphatic rings. The Kier molecular flexibility index (Phi) is 6.26. The van der Waals surface area contributed by atoms with Crippen molar-refractivity contribution in [1.82, 2.24) is 5.32 Å². The van der Waals surface area contributed by atoms with E-state index in [1.54, 1.807) is 0 Å². The molecule has 0 saturated heterocycles. The first kappa shape index (κ1) is 14.2. The van der Waals surface area contributed by atoms with Crippen molar-refractivity contribution in [1.29, 1.82) is 0 Å². The molecule has 0 saturated carbocycles. The lowest BCUT2D eigenvalue weighted by molar-refractivity contribution is 0.316. The maximum absolute atomic E-state index is 10.8. The maximum atomic E-state index is 10.8. The third kappa shape index (κ3) is 9.48. The van der Waals surface area contributed by atoms with E-state index in [2.05, 4.69) is 10.5 Å². The van der Waals surface area contributed by atoms with E-state index in [1.165, 1.54) is 6.26 Å². The Hall–Kier alpha value is -0.820. The zero-order valence-electron chi connectivity index (χ0n) is 9.10. The van der Waals surface area contributed by atoms with Crippen molar-refractivity contribution in [2.75, 3.05) is 18.6 Å². The van der Waals surface area contributed by atoms with Crippen LogP contribution in [0.3, 0.4) is 0 Å². The minimum atomic E-state index is -2.88. The van der Waals surface area contributed by atoms with Crippen molar-refractivity contribution in [3.05, 3.63) is 0 Å². The second-order valence-corrected chi connectivity index (χ2v) is 5.89. The van der Waals surface area contributed by atoms with Crippen molar-refractivity contribution >= 4 is 15.7 Å². The van der Waals surface area contributed by atoms with Crippen molar-refractivity contribution in [3.63, 3.8) is 0 Å². The third-order valence-corrected chi connectivity index (χ3v) is 2.86. The summed E-state index contributed by atoms with van der Waals surface area (Å²) in [7, 11) is -2.88. The molecule has 0 bridgehead atoms. The summed E-state index contributed by atoms with van der Waals surface area (Å²) in [6.07, 6.45) is 2.22. The number of hydrogen-bond acceptors (Lipinski definition) is 5. The van der Waals surface area contributed by atoms with Crippen molar-refractivity contribution in [2.24, 2.45) is 10.9 Å². The normalized spacial score (nSPS) is 15.2. The van der Waals surface area contributed by atoms with E-state index < -0.39 is 9.84 Å². The summed E-state index contributed by atoms with van der Waals surface area (Å²) in [4.78, 5) is 0. The van der Waals surface area contributed by atoms with Gasteiger partial charge in [0.25, 0.3) is 0 Å². The minimum absolute atomic E-state index is 0.0699. The molecule has 0 radical (unpaired) electrons. The molecule has 0 spiro atoms. The number of oxime groups is 1. The highest BCUT2D eigenvalue weighted by molar-refractivity contribution is 7.90. The monoisotopic (exact) mass is 237 g/mol. The van der Waals surface area contributed by atoms with Crippen molar-refractivity contribution < 1.29 is 13.6 Å². The lowest BCUT2D eigenvalue weighted by atomic mass is 10.2. The Morgan fingerprint density at radius 2 is 2.20 bits per heavy atom. The Morgan fingerprint density at radius 3 is 2.67 bits per heavy atom. The standard InChI is InChI=1S/C8H19N3O3S/c1-7(6-8(9)11-12)10-4-3-5-15(2,13)14/h7,10,12H,3-6H2,1-2H3,(H2,9,11). The molecule has 0 aromatic carbocycles. The summed E-state index contributed by atoms with van der Waals surface area (Å²) in [6, 6.07) is 0.0699. The van der Waals surface area contributed by atoms with Gasteiger partial charge < -0.3 is 16.3 Å². The van der Waals surface area contributed by atoms with E-state index in [4.69, 9.17) is 10.9 Å². The second-order valence-electron chi connectivity index (χ2n) is 3.63. The number of nitrogens with two attached hydrogens (primary N) is 1. The van der Waals surface area contributed by atoms with Gasteiger partial charge in [-0.05, 0) is 19.9 Å². The van der Waals surface area contributed by atoms with Gasteiger partial charge in [-0.3, -0.25) is 0 Å². The molecule has 7 heteroatoms. The van der Waals surface area contributed by atoms with Crippen LogP contribution in [0.25, 0.3) is 0 Å². The SMILES string of the molecule is CC(CC(N)=NO)NCCCS(C)(=O)=O. The summed E-state index contributed by atoms with van der Waals surface area (Å²) in [5, 5.41) is 14.3. The van der Waals surface area contributed by atoms with Crippen LogP contribution in [-0.2, 0) is 9.84 Å². The number of amidine groups is 1. The fraction of sp³-hybridized carbons (Fsp3) is 0.875. The molecule has 0 fully saturated rings. The average Bonchev–Trinajstić information content (AvgIpc) is 2.11. The summed E-state index contributed by atoms with van der Waals surface area (Å²) in [6.45, 7) is 2.49. The van der Waals surface area contributed by atoms with Gasteiger partial charge in [-0.15, -0.1) is 0 Å². The molecule has 90 valence electrons. The predicted molar refractivity (Wildman–Crippen MR) is 59.8 cm³/mol. The van der Waals surface area contributed by atoms with Gasteiger partial charge in [0, 0.05) is 18.7 Å². The van der Waals surface area contributed by atoms with Crippen molar-refractivity contribution in [2.45, 2.75) is 25.8 Å². The molecule has 0 heterocycles. The van der Waals surface area contributed by atoms with E-state index in [-0.39, 0.29) is 17.6 Å². The molecule has 15 heavy (non-hydrogen) atoms. The molecular formula is C8H19N3O3S. The topological polar surface area (TPSA) is 105 Å². The zero-order valence-corrected chi connectivity index (χ0v) is 9.92. The lowest BCUT2D eigenvalue weighted by Crippen LogP contribution is -2.32. The van der Waals surface area contributed by atoms with Crippen LogP contribution in [0.1, 0.15) is 19.8 Å². The first-order valence-corrected chi connectivity index (χ1v) is 6.78. The van der Waals surface area contributed by atoms with Gasteiger partial charge in [-0.2, -0.15) is 0 Å². The van der Waals surface area contributed by atoms with Gasteiger partial charge in [0.1, 0.15) is 15.7 Å². The number of nitrogens with zero attached hydrogens (tertiary/aromatic N) is 1. The summed E-state index contributed by atoms with van der Waals surface area (Å²) in [5.74, 6) is 0.342. The highest BCUT2D eigenvalue weighted by Crippen LogP contribution is 1.92. The van der Waals surface area contributed by atoms with Crippen LogP contribution in [0, 0.1) is 0 Å². The molecule has 0 aliphatic heterocycles. The van der Waals surface area contributed by atoms with E-state index in [0.29, 0.717) is 19.4 Å². The molecule has 0 rings (SSSR count). The number of rotatable bonds is 7. The quantitative estimate of drug-likeness (QED) is 0.183. The first-order valence-electron chi connectivity index (χ1n) is 4.72. The number of sulfone groups is 1. The van der Waals surface area contributed by atoms with Crippen LogP contribution in [-0.4, -0.2) is 44.1 Å². The van der Waals surface area contributed by atoms with Crippen LogP contribution in [0.2, 0.25) is 0 Å². The Labute approximate surface area is 90.5 Å². The molecule has 6 nitrogen and oxygen atoms in total. The Balaban J connectivity index is 3.60. The summed E-state index contributed by atoms with van der Waals surface area (Å²) >= 11 is 0. The van der Waals surface area contributed by atoms with E-state index in [9.17, 15) is 8.42 Å². The second kappa shape index (κ2) is 6.62. The third-order valence-electron chi connectivity index (χ3n) is 1.83.